The van der Waals surface area contributed by atoms with Crippen LogP contribution in [0.2, 0.25) is 0 Å². The first-order chi connectivity index (χ1) is 13.7. The van der Waals surface area contributed by atoms with Gasteiger partial charge in [-0.1, -0.05) is 96.8 Å². The molecule has 166 valence electrons. The average molecular weight is 400 g/mol. The quantitative estimate of drug-likeness (QED) is 0.184. The van der Waals surface area contributed by atoms with Gasteiger partial charge in [0.1, 0.15) is 0 Å². The zero-order chi connectivity index (χ0) is 20.3. The lowest BCUT2D eigenvalue weighted by Crippen LogP contribution is -2.26. The molecule has 1 rings (SSSR count). The number of carboxylic acid groups (broad SMARTS) is 1. The Hall–Kier alpha value is -0.650. The summed E-state index contributed by atoms with van der Waals surface area (Å²) in [5.41, 5.74) is 2.69. The minimum atomic E-state index is -0.820. The molecule has 0 bridgehead atoms. The van der Waals surface area contributed by atoms with E-state index >= 15 is 0 Å². The molecule has 0 aromatic carbocycles. The molecule has 0 aromatic rings. The van der Waals surface area contributed by atoms with Crippen LogP contribution >= 0.6 is 0 Å². The SMILES string of the molecule is CCCCCCCCCCCCCCCCC1CCC(ONCCC(=O)O)O1. The first-order valence-electron chi connectivity index (χ1n) is 12.0. The fourth-order valence-corrected chi connectivity index (χ4v) is 3.85. The van der Waals surface area contributed by atoms with Crippen LogP contribution in [0.4, 0.5) is 0 Å². The molecule has 1 saturated heterocycles. The highest BCUT2D eigenvalue weighted by atomic mass is 16.8. The molecule has 0 saturated carbocycles. The molecule has 0 aliphatic carbocycles. The Bertz CT molecular complexity index is 365. The lowest BCUT2D eigenvalue weighted by molar-refractivity contribution is -0.173. The summed E-state index contributed by atoms with van der Waals surface area (Å²) in [6, 6.07) is 0. The van der Waals surface area contributed by atoms with Crippen molar-refractivity contribution in [2.24, 2.45) is 0 Å². The molecule has 5 heteroatoms. The third-order valence-corrected chi connectivity index (χ3v) is 5.60. The van der Waals surface area contributed by atoms with Gasteiger partial charge < -0.3 is 9.84 Å². The second kappa shape index (κ2) is 18.4. The summed E-state index contributed by atoms with van der Waals surface area (Å²) < 4.78 is 5.85. The molecule has 28 heavy (non-hydrogen) atoms. The molecule has 0 radical (unpaired) electrons. The molecule has 2 N–H and O–H groups in total. The summed E-state index contributed by atoms with van der Waals surface area (Å²) in [5.74, 6) is -0.820. The van der Waals surface area contributed by atoms with E-state index in [2.05, 4.69) is 12.4 Å². The number of carbonyl (C=O) groups is 1. The van der Waals surface area contributed by atoms with E-state index < -0.39 is 5.97 Å². The third kappa shape index (κ3) is 15.3. The van der Waals surface area contributed by atoms with Gasteiger partial charge in [-0.3, -0.25) is 9.63 Å². The Morgan fingerprint density at radius 1 is 0.893 bits per heavy atom. The van der Waals surface area contributed by atoms with E-state index in [9.17, 15) is 4.79 Å². The van der Waals surface area contributed by atoms with Crippen molar-refractivity contribution in [3.63, 3.8) is 0 Å². The van der Waals surface area contributed by atoms with Gasteiger partial charge in [-0.05, 0) is 12.8 Å². The van der Waals surface area contributed by atoms with E-state index in [-0.39, 0.29) is 12.7 Å². The van der Waals surface area contributed by atoms with Gasteiger partial charge in [-0.15, -0.1) is 0 Å². The van der Waals surface area contributed by atoms with Crippen molar-refractivity contribution in [3.8, 4) is 0 Å². The van der Waals surface area contributed by atoms with Crippen molar-refractivity contribution in [1.82, 2.24) is 5.48 Å². The molecule has 0 aromatic heterocycles. The Labute approximate surface area is 172 Å². The molecule has 2 unspecified atom stereocenters. The van der Waals surface area contributed by atoms with Crippen LogP contribution in [0.3, 0.4) is 0 Å². The first-order valence-corrected chi connectivity index (χ1v) is 12.0. The maximum Gasteiger partial charge on any atom is 0.304 e. The van der Waals surface area contributed by atoms with Gasteiger partial charge in [0.05, 0.1) is 12.5 Å². The summed E-state index contributed by atoms with van der Waals surface area (Å²) in [5, 5.41) is 8.58. The van der Waals surface area contributed by atoms with Crippen LogP contribution < -0.4 is 5.48 Å². The molecule has 5 nitrogen and oxygen atoms in total. The zero-order valence-corrected chi connectivity index (χ0v) is 18.3. The maximum atomic E-state index is 10.4. The standard InChI is InChI=1S/C23H45NO4/c1-2-3-4-5-6-7-8-9-10-11-12-13-14-15-16-21-17-18-23(27-21)28-24-20-19-22(25)26/h21,23-24H,2-20H2,1H3,(H,25,26). The molecular weight excluding hydrogens is 354 g/mol. The molecule has 2 atom stereocenters. The maximum absolute atomic E-state index is 10.4. The van der Waals surface area contributed by atoms with Gasteiger partial charge in [0, 0.05) is 13.0 Å². The van der Waals surface area contributed by atoms with Crippen LogP contribution in [0.1, 0.15) is 122 Å². The molecule has 1 aliphatic rings. The number of hydroxylamine groups is 1. The normalized spacial score (nSPS) is 19.3. The highest BCUT2D eigenvalue weighted by Crippen LogP contribution is 2.24. The number of unbranched alkanes of at least 4 members (excludes halogenated alkanes) is 13. The predicted molar refractivity (Wildman–Crippen MR) is 114 cm³/mol. The van der Waals surface area contributed by atoms with E-state index in [1.54, 1.807) is 0 Å². The Morgan fingerprint density at radius 2 is 1.43 bits per heavy atom. The highest BCUT2D eigenvalue weighted by molar-refractivity contribution is 5.66. The Kier molecular flexibility index (Phi) is 16.7. The van der Waals surface area contributed by atoms with E-state index in [0.29, 0.717) is 12.6 Å². The number of hydrogen-bond donors (Lipinski definition) is 2. The summed E-state index contributed by atoms with van der Waals surface area (Å²) in [4.78, 5) is 15.8. The number of carboxylic acids is 1. The van der Waals surface area contributed by atoms with Crippen LogP contribution in [-0.4, -0.2) is 30.0 Å². The van der Waals surface area contributed by atoms with E-state index in [1.807, 2.05) is 0 Å². The average Bonchev–Trinajstić information content (AvgIpc) is 3.13. The first kappa shape index (κ1) is 25.4. The van der Waals surface area contributed by atoms with Crippen molar-refractivity contribution >= 4 is 5.97 Å². The minimum Gasteiger partial charge on any atom is -0.481 e. The highest BCUT2D eigenvalue weighted by Gasteiger charge is 2.25. The van der Waals surface area contributed by atoms with Gasteiger partial charge in [0.25, 0.3) is 0 Å². The van der Waals surface area contributed by atoms with Crippen LogP contribution in [0.5, 0.6) is 0 Å². The summed E-state index contributed by atoms with van der Waals surface area (Å²) in [7, 11) is 0. The van der Waals surface area contributed by atoms with Gasteiger partial charge in [0.15, 0.2) is 6.29 Å². The topological polar surface area (TPSA) is 67.8 Å². The molecule has 1 aliphatic heterocycles. The fraction of sp³-hybridized carbons (Fsp3) is 0.957. The van der Waals surface area contributed by atoms with Crippen molar-refractivity contribution in [3.05, 3.63) is 0 Å². The molecule has 0 spiro atoms. The minimum absolute atomic E-state index is 0.0647. The van der Waals surface area contributed by atoms with Gasteiger partial charge >= 0.3 is 5.97 Å². The van der Waals surface area contributed by atoms with Crippen LogP contribution in [0, 0.1) is 0 Å². The van der Waals surface area contributed by atoms with Crippen molar-refractivity contribution < 1.29 is 19.5 Å². The van der Waals surface area contributed by atoms with Gasteiger partial charge in [0.2, 0.25) is 0 Å². The second-order valence-corrected chi connectivity index (χ2v) is 8.31. The Morgan fingerprint density at radius 3 is 1.96 bits per heavy atom. The number of aliphatic carboxylic acids is 1. The number of rotatable bonds is 20. The number of ether oxygens (including phenoxy) is 1. The van der Waals surface area contributed by atoms with Gasteiger partial charge in [-0.25, -0.2) is 0 Å². The van der Waals surface area contributed by atoms with Crippen LogP contribution in [0.25, 0.3) is 0 Å². The zero-order valence-electron chi connectivity index (χ0n) is 18.3. The van der Waals surface area contributed by atoms with E-state index in [4.69, 9.17) is 14.7 Å². The van der Waals surface area contributed by atoms with Crippen molar-refractivity contribution in [2.45, 2.75) is 135 Å². The summed E-state index contributed by atoms with van der Waals surface area (Å²) in [6.07, 6.45) is 22.6. The molecule has 1 heterocycles. The Balaban J connectivity index is 1.78. The molecular formula is C23H45NO4. The monoisotopic (exact) mass is 399 g/mol. The van der Waals surface area contributed by atoms with Crippen LogP contribution in [-0.2, 0) is 14.4 Å². The number of nitrogens with one attached hydrogen (secondary N) is 1. The van der Waals surface area contributed by atoms with E-state index in [1.165, 1.54) is 89.9 Å². The molecule has 0 amide bonds. The molecule has 1 fully saturated rings. The van der Waals surface area contributed by atoms with E-state index in [0.717, 1.165) is 19.3 Å². The largest absolute Gasteiger partial charge is 0.481 e. The lowest BCUT2D eigenvalue weighted by Gasteiger charge is -2.14. The van der Waals surface area contributed by atoms with Crippen molar-refractivity contribution in [2.75, 3.05) is 6.54 Å². The fourth-order valence-electron chi connectivity index (χ4n) is 3.85. The lowest BCUT2D eigenvalue weighted by atomic mass is 10.0. The summed E-state index contributed by atoms with van der Waals surface area (Å²) >= 11 is 0. The van der Waals surface area contributed by atoms with Gasteiger partial charge in [-0.2, -0.15) is 5.48 Å². The summed E-state index contributed by atoms with van der Waals surface area (Å²) in [6.45, 7) is 2.60. The predicted octanol–water partition coefficient (Wildman–Crippen LogP) is 6.36. The second-order valence-electron chi connectivity index (χ2n) is 8.31. The smallest absolute Gasteiger partial charge is 0.304 e. The third-order valence-electron chi connectivity index (χ3n) is 5.60. The van der Waals surface area contributed by atoms with Crippen LogP contribution in [0.15, 0.2) is 0 Å². The number of hydrogen-bond acceptors (Lipinski definition) is 4. The van der Waals surface area contributed by atoms with Crippen molar-refractivity contribution in [1.29, 1.82) is 0 Å².